The minimum atomic E-state index is -0.966. The minimum absolute atomic E-state index is 0.226. The lowest BCUT2D eigenvalue weighted by molar-refractivity contribution is 0.0690. The van der Waals surface area contributed by atoms with Gasteiger partial charge in [0.1, 0.15) is 11.4 Å². The Morgan fingerprint density at radius 1 is 1.00 bits per heavy atom. The molecule has 0 aliphatic carbocycles. The Morgan fingerprint density at radius 3 is 2.51 bits per heavy atom. The first-order valence-electron chi connectivity index (χ1n) is 11.5. The number of nitrogens with zero attached hydrogens (tertiary/aromatic N) is 1. The molecule has 0 aliphatic heterocycles. The molecule has 0 aliphatic rings. The van der Waals surface area contributed by atoms with Crippen molar-refractivity contribution in [3.05, 3.63) is 94.3 Å². The monoisotopic (exact) mass is 484 g/mol. The molecule has 0 radical (unpaired) electrons. The Balaban J connectivity index is 1.46. The molecule has 176 valence electrons. The number of benzene rings is 3. The van der Waals surface area contributed by atoms with Gasteiger partial charge in [-0.15, -0.1) is 0 Å². The third-order valence-electron chi connectivity index (χ3n) is 6.34. The van der Waals surface area contributed by atoms with Crippen molar-refractivity contribution in [1.29, 1.82) is 0 Å². The van der Waals surface area contributed by atoms with Crippen LogP contribution in [0.2, 0.25) is 5.02 Å². The van der Waals surface area contributed by atoms with Crippen molar-refractivity contribution in [3.8, 4) is 16.9 Å². The van der Waals surface area contributed by atoms with E-state index in [9.17, 15) is 9.90 Å². The zero-order chi connectivity index (χ0) is 24.5. The first-order chi connectivity index (χ1) is 16.9. The van der Waals surface area contributed by atoms with Crippen LogP contribution in [0.3, 0.4) is 0 Å². The van der Waals surface area contributed by atoms with E-state index < -0.39 is 5.97 Å². The van der Waals surface area contributed by atoms with Crippen LogP contribution in [0.25, 0.3) is 32.9 Å². The molecular weight excluding hydrogens is 460 g/mol. The number of nitrogens with one attached hydrogen (secondary N) is 1. The Bertz CT molecular complexity index is 1540. The Labute approximate surface area is 208 Å². The van der Waals surface area contributed by atoms with Crippen LogP contribution >= 0.6 is 11.6 Å². The molecule has 0 unspecified atom stereocenters. The molecule has 2 heterocycles. The van der Waals surface area contributed by atoms with Crippen LogP contribution in [-0.2, 0) is 6.42 Å². The van der Waals surface area contributed by atoms with Crippen LogP contribution in [0.5, 0.6) is 5.75 Å². The van der Waals surface area contributed by atoms with Crippen LogP contribution in [-0.4, -0.2) is 27.7 Å². The van der Waals surface area contributed by atoms with Gasteiger partial charge in [-0.25, -0.2) is 4.79 Å². The van der Waals surface area contributed by atoms with E-state index >= 15 is 0 Å². The van der Waals surface area contributed by atoms with Crippen LogP contribution in [0.4, 0.5) is 0 Å². The van der Waals surface area contributed by atoms with E-state index in [1.54, 1.807) is 6.20 Å². The zero-order valence-corrected chi connectivity index (χ0v) is 20.3. The molecule has 0 atom stereocenters. The van der Waals surface area contributed by atoms with Gasteiger partial charge in [-0.1, -0.05) is 48.0 Å². The van der Waals surface area contributed by atoms with Crippen molar-refractivity contribution >= 4 is 39.4 Å². The van der Waals surface area contributed by atoms with E-state index in [4.69, 9.17) is 16.3 Å². The Hall–Kier alpha value is -3.83. The summed E-state index contributed by atoms with van der Waals surface area (Å²) in [5.74, 6) is -0.194. The molecular formula is C29H25ClN2O3. The molecule has 6 heteroatoms. The summed E-state index contributed by atoms with van der Waals surface area (Å²) in [6.07, 6.45) is 3.04. The van der Waals surface area contributed by atoms with Crippen molar-refractivity contribution in [2.75, 3.05) is 6.61 Å². The fraction of sp³-hybridized carbons (Fsp3) is 0.172. The summed E-state index contributed by atoms with van der Waals surface area (Å²) in [5.41, 5.74) is 6.66. The smallest absolute Gasteiger partial charge is 0.352 e. The van der Waals surface area contributed by atoms with Gasteiger partial charge in [-0.05, 0) is 73.2 Å². The number of halogens is 1. The molecule has 0 fully saturated rings. The quantitative estimate of drug-likeness (QED) is 0.236. The van der Waals surface area contributed by atoms with E-state index in [0.717, 1.165) is 60.4 Å². The van der Waals surface area contributed by atoms with Crippen LogP contribution in [0, 0.1) is 13.8 Å². The number of pyridine rings is 1. The number of para-hydroxylation sites is 2. The SMILES string of the molecule is Cc1cc(OCCCc2c(C(=O)O)[nH]c3c(-c4ccnc5ccccc45)cccc23)cc(C)c1Cl. The standard InChI is InChI=1S/C29H25ClN2O3/c1-17-15-19(16-18(2)26(17)30)35-14-6-10-24-23-9-5-8-22(27(23)32-28(24)29(33)34)20-12-13-31-25-11-4-3-7-21(20)25/h3-5,7-9,11-13,15-16,32H,6,10,14H2,1-2H3,(H,33,34). The summed E-state index contributed by atoms with van der Waals surface area (Å²) in [7, 11) is 0. The number of carboxylic acid groups (broad SMARTS) is 1. The molecule has 2 aromatic heterocycles. The molecule has 0 bridgehead atoms. The highest BCUT2D eigenvalue weighted by Gasteiger charge is 2.20. The number of hydrogen-bond donors (Lipinski definition) is 2. The normalized spacial score (nSPS) is 11.3. The lowest BCUT2D eigenvalue weighted by atomic mass is 9.97. The number of aryl methyl sites for hydroxylation is 3. The second-order valence-corrected chi connectivity index (χ2v) is 9.09. The van der Waals surface area contributed by atoms with E-state index in [0.29, 0.717) is 19.4 Å². The number of aromatic amines is 1. The summed E-state index contributed by atoms with van der Waals surface area (Å²) in [6, 6.07) is 19.8. The van der Waals surface area contributed by atoms with Crippen LogP contribution in [0.15, 0.2) is 66.9 Å². The number of aromatic nitrogens is 2. The fourth-order valence-corrected chi connectivity index (χ4v) is 4.81. The van der Waals surface area contributed by atoms with E-state index in [2.05, 4.69) is 9.97 Å². The molecule has 5 rings (SSSR count). The first kappa shape index (κ1) is 22.9. The molecule has 5 nitrogen and oxygen atoms in total. The largest absolute Gasteiger partial charge is 0.494 e. The molecule has 0 saturated carbocycles. The topological polar surface area (TPSA) is 75.2 Å². The van der Waals surface area contributed by atoms with E-state index in [1.165, 1.54) is 0 Å². The summed E-state index contributed by atoms with van der Waals surface area (Å²) < 4.78 is 5.95. The number of hydrogen-bond acceptors (Lipinski definition) is 3. The summed E-state index contributed by atoms with van der Waals surface area (Å²) >= 11 is 6.25. The van der Waals surface area contributed by atoms with Gasteiger partial charge in [0, 0.05) is 27.6 Å². The van der Waals surface area contributed by atoms with Gasteiger partial charge >= 0.3 is 5.97 Å². The van der Waals surface area contributed by atoms with E-state index in [-0.39, 0.29) is 5.69 Å². The maximum absolute atomic E-state index is 12.1. The molecule has 0 amide bonds. The fourth-order valence-electron chi connectivity index (χ4n) is 4.70. The van der Waals surface area contributed by atoms with Crippen LogP contribution in [0.1, 0.15) is 33.6 Å². The minimum Gasteiger partial charge on any atom is -0.494 e. The van der Waals surface area contributed by atoms with Gasteiger partial charge in [0.15, 0.2) is 0 Å². The molecule has 0 spiro atoms. The van der Waals surface area contributed by atoms with Crippen LogP contribution < -0.4 is 4.74 Å². The molecule has 0 saturated heterocycles. The highest BCUT2D eigenvalue weighted by molar-refractivity contribution is 6.32. The average molecular weight is 485 g/mol. The number of rotatable bonds is 7. The molecule has 5 aromatic rings. The van der Waals surface area contributed by atoms with Gasteiger partial charge in [-0.3, -0.25) is 4.98 Å². The summed E-state index contributed by atoms with van der Waals surface area (Å²) in [5, 5.41) is 12.6. The van der Waals surface area contributed by atoms with Gasteiger partial charge in [0.05, 0.1) is 17.6 Å². The lowest BCUT2D eigenvalue weighted by Crippen LogP contribution is -2.04. The lowest BCUT2D eigenvalue weighted by Gasteiger charge is -2.10. The molecule has 35 heavy (non-hydrogen) atoms. The highest BCUT2D eigenvalue weighted by atomic mass is 35.5. The van der Waals surface area contributed by atoms with Crippen molar-refractivity contribution in [1.82, 2.24) is 9.97 Å². The number of H-pyrrole nitrogens is 1. The van der Waals surface area contributed by atoms with Crippen molar-refractivity contribution in [3.63, 3.8) is 0 Å². The number of ether oxygens (including phenoxy) is 1. The van der Waals surface area contributed by atoms with E-state index in [1.807, 2.05) is 74.5 Å². The maximum Gasteiger partial charge on any atom is 0.352 e. The third kappa shape index (κ3) is 4.35. The number of carbonyl (C=O) groups is 1. The first-order valence-corrected chi connectivity index (χ1v) is 11.9. The zero-order valence-electron chi connectivity index (χ0n) is 19.6. The Kier molecular flexibility index (Phi) is 6.18. The average Bonchev–Trinajstić information content (AvgIpc) is 3.24. The summed E-state index contributed by atoms with van der Waals surface area (Å²) in [4.78, 5) is 19.8. The van der Waals surface area contributed by atoms with Crippen molar-refractivity contribution in [2.45, 2.75) is 26.7 Å². The van der Waals surface area contributed by atoms with Crippen molar-refractivity contribution < 1.29 is 14.6 Å². The highest BCUT2D eigenvalue weighted by Crippen LogP contribution is 2.35. The Morgan fingerprint density at radius 2 is 1.74 bits per heavy atom. The summed E-state index contributed by atoms with van der Waals surface area (Å²) in [6.45, 7) is 4.38. The van der Waals surface area contributed by atoms with Gasteiger partial charge in [-0.2, -0.15) is 0 Å². The van der Waals surface area contributed by atoms with Crippen molar-refractivity contribution in [2.24, 2.45) is 0 Å². The number of fused-ring (bicyclic) bond motifs is 2. The van der Waals surface area contributed by atoms with Gasteiger partial charge < -0.3 is 14.8 Å². The molecule has 3 aromatic carbocycles. The number of carboxylic acids is 1. The molecule has 2 N–H and O–H groups in total. The number of aromatic carboxylic acids is 1. The second-order valence-electron chi connectivity index (χ2n) is 8.71. The third-order valence-corrected chi connectivity index (χ3v) is 6.94. The van der Waals surface area contributed by atoms with Gasteiger partial charge in [0.2, 0.25) is 0 Å². The maximum atomic E-state index is 12.1. The predicted molar refractivity (Wildman–Crippen MR) is 141 cm³/mol. The predicted octanol–water partition coefficient (Wildman–Crippen LogP) is 7.36. The van der Waals surface area contributed by atoms with Gasteiger partial charge in [0.25, 0.3) is 0 Å². The second kappa shape index (κ2) is 9.43.